The predicted molar refractivity (Wildman–Crippen MR) is 32.4 cm³/mol. The Morgan fingerprint density at radius 3 is 2.60 bits per heavy atom. The predicted octanol–water partition coefficient (Wildman–Crippen LogP) is 1.55. The second-order valence-electron chi connectivity index (χ2n) is 2.03. The first-order chi connectivity index (χ1) is 4.66. The number of aliphatic carboxylic acids is 1. The molecule has 0 bridgehead atoms. The standard InChI is InChI=1S/C6H10F2O2/c7-3-1-2-5(8)4-6(9)10/h5H,1-4H2,(H,9,10). The van der Waals surface area contributed by atoms with Crippen LogP contribution in [0.5, 0.6) is 0 Å². The fraction of sp³-hybridized carbons (Fsp3) is 0.833. The number of carbonyl (C=O) groups is 1. The van der Waals surface area contributed by atoms with Crippen molar-refractivity contribution in [1.29, 1.82) is 0 Å². The molecule has 0 heterocycles. The van der Waals surface area contributed by atoms with Crippen LogP contribution in [0.25, 0.3) is 0 Å². The summed E-state index contributed by atoms with van der Waals surface area (Å²) < 4.78 is 23.7. The zero-order valence-corrected chi connectivity index (χ0v) is 5.52. The Labute approximate surface area is 57.9 Å². The van der Waals surface area contributed by atoms with Crippen LogP contribution in [0.1, 0.15) is 19.3 Å². The van der Waals surface area contributed by atoms with E-state index in [1.54, 1.807) is 0 Å². The van der Waals surface area contributed by atoms with Crippen LogP contribution in [-0.2, 0) is 4.79 Å². The Kier molecular flexibility index (Phi) is 4.80. The first-order valence-electron chi connectivity index (χ1n) is 3.08. The summed E-state index contributed by atoms with van der Waals surface area (Å²) in [6, 6.07) is 0. The number of carboxylic acid groups (broad SMARTS) is 1. The lowest BCUT2D eigenvalue weighted by atomic mass is 10.2. The van der Waals surface area contributed by atoms with Crippen LogP contribution in [-0.4, -0.2) is 23.9 Å². The maximum Gasteiger partial charge on any atom is 0.306 e. The number of carboxylic acids is 1. The van der Waals surface area contributed by atoms with Gasteiger partial charge in [0.2, 0.25) is 0 Å². The zero-order valence-electron chi connectivity index (χ0n) is 5.52. The largest absolute Gasteiger partial charge is 0.481 e. The van der Waals surface area contributed by atoms with E-state index in [0.29, 0.717) is 0 Å². The Morgan fingerprint density at radius 1 is 1.60 bits per heavy atom. The lowest BCUT2D eigenvalue weighted by Crippen LogP contribution is -2.08. The van der Waals surface area contributed by atoms with Gasteiger partial charge in [0.05, 0.1) is 13.1 Å². The van der Waals surface area contributed by atoms with Gasteiger partial charge in [0.15, 0.2) is 0 Å². The van der Waals surface area contributed by atoms with Gasteiger partial charge in [-0.3, -0.25) is 9.18 Å². The zero-order chi connectivity index (χ0) is 7.98. The third kappa shape index (κ3) is 5.47. The van der Waals surface area contributed by atoms with Crippen molar-refractivity contribution >= 4 is 5.97 Å². The highest BCUT2D eigenvalue weighted by Crippen LogP contribution is 2.06. The molecular formula is C6H10F2O2. The summed E-state index contributed by atoms with van der Waals surface area (Å²) in [5.41, 5.74) is 0. The molecule has 0 aliphatic carbocycles. The maximum atomic E-state index is 12.3. The van der Waals surface area contributed by atoms with E-state index in [-0.39, 0.29) is 12.8 Å². The minimum atomic E-state index is -1.40. The van der Waals surface area contributed by atoms with Crippen molar-refractivity contribution in [2.75, 3.05) is 6.67 Å². The van der Waals surface area contributed by atoms with Crippen molar-refractivity contribution in [1.82, 2.24) is 0 Å². The number of rotatable bonds is 5. The molecule has 2 nitrogen and oxygen atoms in total. The maximum absolute atomic E-state index is 12.3. The Hall–Kier alpha value is -0.670. The van der Waals surface area contributed by atoms with E-state index in [4.69, 9.17) is 5.11 Å². The molecule has 10 heavy (non-hydrogen) atoms. The lowest BCUT2D eigenvalue weighted by Gasteiger charge is -2.00. The van der Waals surface area contributed by atoms with Gasteiger partial charge in [-0.15, -0.1) is 0 Å². The molecule has 0 aromatic carbocycles. The molecule has 1 unspecified atom stereocenters. The second-order valence-corrected chi connectivity index (χ2v) is 2.03. The molecular weight excluding hydrogens is 142 g/mol. The van der Waals surface area contributed by atoms with E-state index >= 15 is 0 Å². The average molecular weight is 152 g/mol. The van der Waals surface area contributed by atoms with Crippen molar-refractivity contribution in [3.8, 4) is 0 Å². The summed E-state index contributed by atoms with van der Waals surface area (Å²) in [4.78, 5) is 9.84. The molecule has 1 N–H and O–H groups in total. The Bertz CT molecular complexity index is 106. The van der Waals surface area contributed by atoms with Gasteiger partial charge in [-0.05, 0) is 12.8 Å². The molecule has 1 atom stereocenters. The fourth-order valence-electron chi connectivity index (χ4n) is 0.590. The molecule has 0 aromatic rings. The second kappa shape index (κ2) is 5.14. The quantitative estimate of drug-likeness (QED) is 0.648. The minimum absolute atomic E-state index is 0.00278. The summed E-state index contributed by atoms with van der Waals surface area (Å²) in [5, 5.41) is 8.05. The van der Waals surface area contributed by atoms with Gasteiger partial charge < -0.3 is 5.11 Å². The van der Waals surface area contributed by atoms with E-state index in [2.05, 4.69) is 0 Å². The van der Waals surface area contributed by atoms with Crippen LogP contribution in [0, 0.1) is 0 Å². The molecule has 0 radical (unpaired) electrons. The summed E-state index contributed by atoms with van der Waals surface area (Å²) in [6.07, 6.45) is -1.80. The number of halogens is 2. The van der Waals surface area contributed by atoms with E-state index < -0.39 is 25.2 Å². The number of hydrogen-bond acceptors (Lipinski definition) is 1. The highest BCUT2D eigenvalue weighted by atomic mass is 19.1. The Balaban J connectivity index is 3.25. The summed E-state index contributed by atoms with van der Waals surface area (Å²) >= 11 is 0. The topological polar surface area (TPSA) is 37.3 Å². The SMILES string of the molecule is O=C(O)CC(F)CCCF. The summed E-state index contributed by atoms with van der Waals surface area (Å²) in [6.45, 7) is -0.583. The van der Waals surface area contributed by atoms with Crippen molar-refractivity contribution in [3.05, 3.63) is 0 Å². The van der Waals surface area contributed by atoms with Gasteiger partial charge in [-0.25, -0.2) is 4.39 Å². The van der Waals surface area contributed by atoms with Crippen molar-refractivity contribution < 1.29 is 18.7 Å². The molecule has 0 amide bonds. The monoisotopic (exact) mass is 152 g/mol. The van der Waals surface area contributed by atoms with E-state index in [1.807, 2.05) is 0 Å². The molecule has 0 aliphatic rings. The van der Waals surface area contributed by atoms with Crippen LogP contribution < -0.4 is 0 Å². The van der Waals surface area contributed by atoms with Crippen molar-refractivity contribution in [2.45, 2.75) is 25.4 Å². The van der Waals surface area contributed by atoms with Crippen molar-refractivity contribution in [2.24, 2.45) is 0 Å². The Morgan fingerprint density at radius 2 is 2.20 bits per heavy atom. The smallest absolute Gasteiger partial charge is 0.306 e. The van der Waals surface area contributed by atoms with Gasteiger partial charge in [-0.2, -0.15) is 0 Å². The molecule has 0 aromatic heterocycles. The third-order valence-electron chi connectivity index (χ3n) is 1.05. The van der Waals surface area contributed by atoms with Crippen LogP contribution >= 0.6 is 0 Å². The van der Waals surface area contributed by atoms with Gasteiger partial charge in [0, 0.05) is 0 Å². The first kappa shape index (κ1) is 9.33. The fourth-order valence-corrected chi connectivity index (χ4v) is 0.590. The first-order valence-corrected chi connectivity index (χ1v) is 3.08. The van der Waals surface area contributed by atoms with Crippen molar-refractivity contribution in [3.63, 3.8) is 0 Å². The molecule has 0 aliphatic heterocycles. The van der Waals surface area contributed by atoms with Crippen LogP contribution in [0.3, 0.4) is 0 Å². The molecule has 0 spiro atoms. The van der Waals surface area contributed by atoms with E-state index in [0.717, 1.165) is 0 Å². The molecule has 0 saturated heterocycles. The molecule has 60 valence electrons. The molecule has 0 saturated carbocycles. The normalized spacial score (nSPS) is 13.0. The highest BCUT2D eigenvalue weighted by Gasteiger charge is 2.10. The van der Waals surface area contributed by atoms with E-state index in [9.17, 15) is 13.6 Å². The van der Waals surface area contributed by atoms with Gasteiger partial charge in [-0.1, -0.05) is 0 Å². The third-order valence-corrected chi connectivity index (χ3v) is 1.05. The summed E-state index contributed by atoms with van der Waals surface area (Å²) in [7, 11) is 0. The van der Waals surface area contributed by atoms with Gasteiger partial charge >= 0.3 is 5.97 Å². The van der Waals surface area contributed by atoms with Crippen LogP contribution in [0.4, 0.5) is 8.78 Å². The molecule has 0 rings (SSSR count). The van der Waals surface area contributed by atoms with Crippen LogP contribution in [0.2, 0.25) is 0 Å². The lowest BCUT2D eigenvalue weighted by molar-refractivity contribution is -0.138. The summed E-state index contributed by atoms with van der Waals surface area (Å²) in [5.74, 6) is -1.17. The minimum Gasteiger partial charge on any atom is -0.481 e. The van der Waals surface area contributed by atoms with E-state index in [1.165, 1.54) is 0 Å². The number of hydrogen-bond donors (Lipinski definition) is 1. The molecule has 0 fully saturated rings. The van der Waals surface area contributed by atoms with Gasteiger partial charge in [0.25, 0.3) is 0 Å². The number of alkyl halides is 2. The molecule has 4 heteroatoms. The highest BCUT2D eigenvalue weighted by molar-refractivity contribution is 5.67. The average Bonchev–Trinajstić information content (AvgIpc) is 1.82. The van der Waals surface area contributed by atoms with Crippen LogP contribution in [0.15, 0.2) is 0 Å². The van der Waals surface area contributed by atoms with Gasteiger partial charge in [0.1, 0.15) is 6.17 Å².